The van der Waals surface area contributed by atoms with Crippen LogP contribution in [0.2, 0.25) is 0 Å². The van der Waals surface area contributed by atoms with Crippen molar-refractivity contribution in [2.75, 3.05) is 31.1 Å². The van der Waals surface area contributed by atoms with Crippen molar-refractivity contribution < 1.29 is 4.79 Å². The van der Waals surface area contributed by atoms with Crippen LogP contribution in [0.5, 0.6) is 0 Å². The molecule has 1 aliphatic rings. The molecule has 1 aliphatic heterocycles. The SMILES string of the molecule is CC(=O)N1CCN(c2ccc3nnc(C(C)(C)C)n3n2)CC1. The predicted octanol–water partition coefficient (Wildman–Crippen LogP) is 1.09. The Kier molecular flexibility index (Phi) is 3.50. The van der Waals surface area contributed by atoms with Crippen LogP contribution in [0.3, 0.4) is 0 Å². The first-order chi connectivity index (χ1) is 10.4. The number of piperazine rings is 1. The normalized spacial score (nSPS) is 16.4. The Morgan fingerprint density at radius 2 is 1.77 bits per heavy atom. The number of aromatic nitrogens is 4. The average Bonchev–Trinajstić information content (AvgIpc) is 2.90. The maximum absolute atomic E-state index is 11.4. The van der Waals surface area contributed by atoms with Gasteiger partial charge in [0.25, 0.3) is 0 Å². The van der Waals surface area contributed by atoms with Crippen LogP contribution in [0.15, 0.2) is 12.1 Å². The van der Waals surface area contributed by atoms with E-state index in [2.05, 4.69) is 35.9 Å². The van der Waals surface area contributed by atoms with Crippen molar-refractivity contribution in [1.82, 2.24) is 24.7 Å². The summed E-state index contributed by atoms with van der Waals surface area (Å²) in [5.41, 5.74) is 0.647. The molecular weight excluding hydrogens is 280 g/mol. The van der Waals surface area contributed by atoms with Crippen LogP contribution in [-0.4, -0.2) is 56.8 Å². The van der Waals surface area contributed by atoms with E-state index in [1.54, 1.807) is 6.92 Å². The van der Waals surface area contributed by atoms with Gasteiger partial charge in [-0.05, 0) is 12.1 Å². The van der Waals surface area contributed by atoms with Gasteiger partial charge in [-0.1, -0.05) is 20.8 Å². The van der Waals surface area contributed by atoms with E-state index in [0.717, 1.165) is 43.5 Å². The predicted molar refractivity (Wildman–Crippen MR) is 83.9 cm³/mol. The zero-order valence-electron chi connectivity index (χ0n) is 13.6. The molecule has 7 nitrogen and oxygen atoms in total. The number of carbonyl (C=O) groups excluding carboxylic acids is 1. The van der Waals surface area contributed by atoms with E-state index >= 15 is 0 Å². The minimum absolute atomic E-state index is 0.113. The Bertz CT molecular complexity index is 694. The number of fused-ring (bicyclic) bond motifs is 1. The van der Waals surface area contributed by atoms with Crippen LogP contribution in [0, 0.1) is 0 Å². The van der Waals surface area contributed by atoms with Gasteiger partial charge < -0.3 is 9.80 Å². The molecule has 2 aromatic rings. The van der Waals surface area contributed by atoms with Gasteiger partial charge in [0.1, 0.15) is 5.82 Å². The van der Waals surface area contributed by atoms with Crippen LogP contribution >= 0.6 is 0 Å². The summed E-state index contributed by atoms with van der Waals surface area (Å²) in [6.07, 6.45) is 0. The monoisotopic (exact) mass is 302 g/mol. The Morgan fingerprint density at radius 3 is 2.36 bits per heavy atom. The topological polar surface area (TPSA) is 66.6 Å². The smallest absolute Gasteiger partial charge is 0.219 e. The number of rotatable bonds is 1. The van der Waals surface area contributed by atoms with Crippen molar-refractivity contribution >= 4 is 17.4 Å². The Hall–Kier alpha value is -2.18. The molecule has 22 heavy (non-hydrogen) atoms. The lowest BCUT2D eigenvalue weighted by molar-refractivity contribution is -0.129. The third-order valence-electron chi connectivity index (χ3n) is 3.97. The average molecular weight is 302 g/mol. The molecule has 0 N–H and O–H groups in total. The molecule has 3 heterocycles. The van der Waals surface area contributed by atoms with Crippen LogP contribution in [0.25, 0.3) is 5.65 Å². The molecule has 118 valence electrons. The number of carbonyl (C=O) groups is 1. The van der Waals surface area contributed by atoms with Gasteiger partial charge in [0.2, 0.25) is 5.91 Å². The van der Waals surface area contributed by atoms with Gasteiger partial charge in [0.05, 0.1) is 0 Å². The quantitative estimate of drug-likeness (QED) is 0.789. The molecule has 0 radical (unpaired) electrons. The molecule has 1 saturated heterocycles. The van der Waals surface area contributed by atoms with Crippen molar-refractivity contribution in [1.29, 1.82) is 0 Å². The van der Waals surface area contributed by atoms with E-state index in [-0.39, 0.29) is 11.3 Å². The van der Waals surface area contributed by atoms with Crippen LogP contribution in [0.4, 0.5) is 5.82 Å². The first-order valence-corrected chi connectivity index (χ1v) is 7.59. The molecule has 0 atom stereocenters. The molecule has 0 bridgehead atoms. The number of hydrogen-bond acceptors (Lipinski definition) is 5. The lowest BCUT2D eigenvalue weighted by Crippen LogP contribution is -2.48. The minimum atomic E-state index is -0.113. The van der Waals surface area contributed by atoms with Gasteiger partial charge in [-0.25, -0.2) is 0 Å². The first kappa shape index (κ1) is 14.7. The highest BCUT2D eigenvalue weighted by Gasteiger charge is 2.24. The van der Waals surface area contributed by atoms with Crippen LogP contribution in [0.1, 0.15) is 33.5 Å². The molecule has 0 aromatic carbocycles. The summed E-state index contributed by atoms with van der Waals surface area (Å²) in [5.74, 6) is 1.89. The first-order valence-electron chi connectivity index (χ1n) is 7.59. The lowest BCUT2D eigenvalue weighted by atomic mass is 9.96. The maximum Gasteiger partial charge on any atom is 0.219 e. The van der Waals surface area contributed by atoms with E-state index in [1.807, 2.05) is 21.5 Å². The van der Waals surface area contributed by atoms with Crippen molar-refractivity contribution in [3.63, 3.8) is 0 Å². The van der Waals surface area contributed by atoms with Gasteiger partial charge in [-0.3, -0.25) is 4.79 Å². The fraction of sp³-hybridized carbons (Fsp3) is 0.600. The largest absolute Gasteiger partial charge is 0.352 e. The standard InChI is InChI=1S/C15H22N6O/c1-11(22)19-7-9-20(10-8-19)13-6-5-12-16-17-14(15(2,3)4)21(12)18-13/h5-6H,7-10H2,1-4H3. The van der Waals surface area contributed by atoms with Gasteiger partial charge >= 0.3 is 0 Å². The molecule has 0 aliphatic carbocycles. The third-order valence-corrected chi connectivity index (χ3v) is 3.97. The van der Waals surface area contributed by atoms with Crippen LogP contribution < -0.4 is 4.90 Å². The van der Waals surface area contributed by atoms with Gasteiger partial charge in [-0.15, -0.1) is 15.3 Å². The third kappa shape index (κ3) is 2.63. The summed E-state index contributed by atoms with van der Waals surface area (Å²) in [6.45, 7) is 11.0. The number of nitrogens with zero attached hydrogens (tertiary/aromatic N) is 6. The highest BCUT2D eigenvalue weighted by molar-refractivity contribution is 5.73. The van der Waals surface area contributed by atoms with E-state index in [0.29, 0.717) is 0 Å². The summed E-state index contributed by atoms with van der Waals surface area (Å²) in [6, 6.07) is 3.92. The van der Waals surface area contributed by atoms with Crippen molar-refractivity contribution in [3.8, 4) is 0 Å². The summed E-state index contributed by atoms with van der Waals surface area (Å²) < 4.78 is 1.83. The number of hydrogen-bond donors (Lipinski definition) is 0. The van der Waals surface area contributed by atoms with E-state index in [4.69, 9.17) is 5.10 Å². The second kappa shape index (κ2) is 5.23. The summed E-state index contributed by atoms with van der Waals surface area (Å²) >= 11 is 0. The lowest BCUT2D eigenvalue weighted by Gasteiger charge is -2.34. The zero-order chi connectivity index (χ0) is 15.9. The summed E-state index contributed by atoms with van der Waals surface area (Å²) in [7, 11) is 0. The van der Waals surface area contributed by atoms with Crippen LogP contribution in [-0.2, 0) is 10.2 Å². The van der Waals surface area contributed by atoms with E-state index in [1.165, 1.54) is 0 Å². The van der Waals surface area contributed by atoms with E-state index < -0.39 is 0 Å². The Balaban J connectivity index is 1.88. The molecule has 0 unspecified atom stereocenters. The van der Waals surface area contributed by atoms with Crippen molar-refractivity contribution in [2.24, 2.45) is 0 Å². The minimum Gasteiger partial charge on any atom is -0.352 e. The Morgan fingerprint density at radius 1 is 1.09 bits per heavy atom. The second-order valence-electron chi connectivity index (χ2n) is 6.73. The zero-order valence-corrected chi connectivity index (χ0v) is 13.6. The van der Waals surface area contributed by atoms with Crippen molar-refractivity contribution in [2.45, 2.75) is 33.1 Å². The molecule has 1 fully saturated rings. The van der Waals surface area contributed by atoms with Gasteiger partial charge in [0.15, 0.2) is 11.5 Å². The van der Waals surface area contributed by atoms with Gasteiger partial charge in [0, 0.05) is 38.5 Å². The summed E-state index contributed by atoms with van der Waals surface area (Å²) in [5, 5.41) is 13.2. The highest BCUT2D eigenvalue weighted by Crippen LogP contribution is 2.22. The fourth-order valence-electron chi connectivity index (χ4n) is 2.67. The molecule has 0 spiro atoms. The van der Waals surface area contributed by atoms with E-state index in [9.17, 15) is 4.79 Å². The molecule has 1 amide bonds. The summed E-state index contributed by atoms with van der Waals surface area (Å²) in [4.78, 5) is 15.5. The maximum atomic E-state index is 11.4. The molecule has 2 aromatic heterocycles. The molecule has 7 heteroatoms. The highest BCUT2D eigenvalue weighted by atomic mass is 16.2. The fourth-order valence-corrected chi connectivity index (χ4v) is 2.67. The second-order valence-corrected chi connectivity index (χ2v) is 6.73. The molecule has 0 saturated carbocycles. The number of anilines is 1. The molecule has 3 rings (SSSR count). The number of amides is 1. The van der Waals surface area contributed by atoms with Gasteiger partial charge in [-0.2, -0.15) is 4.52 Å². The van der Waals surface area contributed by atoms with Crippen molar-refractivity contribution in [3.05, 3.63) is 18.0 Å². The molecular formula is C15H22N6O. The Labute approximate surface area is 129 Å².